The first-order valence-electron chi connectivity index (χ1n) is 9.13. The second-order valence-corrected chi connectivity index (χ2v) is 6.73. The summed E-state index contributed by atoms with van der Waals surface area (Å²) in [4.78, 5) is 16.9. The second-order valence-electron chi connectivity index (χ2n) is 6.73. The van der Waals surface area contributed by atoms with E-state index in [9.17, 15) is 18.0 Å². The number of aromatic nitrogens is 4. The normalized spacial score (nSPS) is 12.2. The summed E-state index contributed by atoms with van der Waals surface area (Å²) in [6, 6.07) is 8.76. The molecule has 2 aromatic carbocycles. The van der Waals surface area contributed by atoms with Crippen LogP contribution < -0.4 is 10.4 Å². The maximum Gasteiger partial charge on any atom is 0.419 e. The quantitative estimate of drug-likeness (QED) is 0.439. The average Bonchev–Trinajstić information content (AvgIpc) is 3.04. The van der Waals surface area contributed by atoms with E-state index >= 15 is 0 Å². The Morgan fingerprint density at radius 1 is 1.19 bits per heavy atom. The van der Waals surface area contributed by atoms with Gasteiger partial charge in [0.05, 0.1) is 17.0 Å². The summed E-state index contributed by atoms with van der Waals surface area (Å²) in [6.07, 6.45) is -4.64. The first kappa shape index (κ1) is 22.1. The summed E-state index contributed by atoms with van der Waals surface area (Å²) in [5.74, 6) is -0.345. The monoisotopic (exact) mass is 435 g/mol. The molecular weight excluding hydrogens is 415 g/mol. The van der Waals surface area contributed by atoms with Crippen LogP contribution in [0.25, 0.3) is 5.69 Å². The maximum atomic E-state index is 13.7. The number of alkyl halides is 3. The highest BCUT2D eigenvalue weighted by Crippen LogP contribution is 2.37. The SMILES string of the molecule is CON=C(C)c1ccc(OCc2c(C)cccc2-n2nnn(C)c2=O)c(C(F)(F)F)c1. The van der Waals surface area contributed by atoms with E-state index in [0.29, 0.717) is 17.0 Å². The molecule has 0 aliphatic carbocycles. The molecule has 0 N–H and O–H groups in total. The van der Waals surface area contributed by atoms with Crippen LogP contribution in [0.2, 0.25) is 0 Å². The zero-order valence-electron chi connectivity index (χ0n) is 17.3. The molecule has 1 heterocycles. The third-order valence-corrected chi connectivity index (χ3v) is 4.64. The van der Waals surface area contributed by atoms with Crippen molar-refractivity contribution in [3.8, 4) is 11.4 Å². The van der Waals surface area contributed by atoms with Crippen LogP contribution in [0.5, 0.6) is 5.75 Å². The zero-order chi connectivity index (χ0) is 22.8. The van der Waals surface area contributed by atoms with Crippen LogP contribution >= 0.6 is 0 Å². The van der Waals surface area contributed by atoms with Gasteiger partial charge in [0.2, 0.25) is 0 Å². The van der Waals surface area contributed by atoms with Gasteiger partial charge in [-0.25, -0.2) is 4.79 Å². The van der Waals surface area contributed by atoms with Crippen molar-refractivity contribution in [2.45, 2.75) is 26.6 Å². The van der Waals surface area contributed by atoms with Gasteiger partial charge in [0.15, 0.2) is 0 Å². The third-order valence-electron chi connectivity index (χ3n) is 4.64. The van der Waals surface area contributed by atoms with E-state index in [-0.39, 0.29) is 17.9 Å². The Morgan fingerprint density at radius 3 is 2.55 bits per heavy atom. The lowest BCUT2D eigenvalue weighted by Gasteiger charge is -2.17. The third kappa shape index (κ3) is 4.60. The minimum Gasteiger partial charge on any atom is -0.488 e. The van der Waals surface area contributed by atoms with Gasteiger partial charge in [-0.1, -0.05) is 17.3 Å². The minimum atomic E-state index is -4.64. The summed E-state index contributed by atoms with van der Waals surface area (Å²) in [7, 11) is 2.76. The molecule has 0 fully saturated rings. The van der Waals surface area contributed by atoms with E-state index in [2.05, 4.69) is 20.4 Å². The molecule has 0 atom stereocenters. The highest BCUT2D eigenvalue weighted by Gasteiger charge is 2.35. The van der Waals surface area contributed by atoms with E-state index in [1.54, 1.807) is 25.1 Å². The Morgan fingerprint density at radius 2 is 1.94 bits per heavy atom. The lowest BCUT2D eigenvalue weighted by atomic mass is 10.1. The zero-order valence-corrected chi connectivity index (χ0v) is 17.3. The molecule has 8 nitrogen and oxygen atoms in total. The van der Waals surface area contributed by atoms with Gasteiger partial charge in [0.25, 0.3) is 0 Å². The largest absolute Gasteiger partial charge is 0.488 e. The smallest absolute Gasteiger partial charge is 0.419 e. The molecule has 164 valence electrons. The predicted octanol–water partition coefficient (Wildman–Crippen LogP) is 3.24. The number of ether oxygens (including phenoxy) is 1. The number of oxime groups is 1. The molecule has 0 bridgehead atoms. The first-order valence-corrected chi connectivity index (χ1v) is 9.13. The molecule has 1 aromatic heterocycles. The summed E-state index contributed by atoms with van der Waals surface area (Å²) in [6.45, 7) is 3.10. The van der Waals surface area contributed by atoms with Crippen LogP contribution in [0.3, 0.4) is 0 Å². The standard InChI is InChI=1S/C20H20F3N5O3/c1-12-6-5-7-17(28-19(29)27(3)25-26-28)15(12)11-31-18-9-8-14(13(2)24-30-4)10-16(18)20(21,22)23/h5-10H,11H2,1-4H3. The average molecular weight is 435 g/mol. The number of hydrogen-bond acceptors (Lipinski definition) is 6. The Kier molecular flexibility index (Phi) is 6.14. The fourth-order valence-electron chi connectivity index (χ4n) is 2.98. The molecule has 3 rings (SSSR count). The topological polar surface area (TPSA) is 83.5 Å². The van der Waals surface area contributed by atoms with E-state index in [0.717, 1.165) is 21.0 Å². The second kappa shape index (κ2) is 8.62. The molecule has 0 aliphatic heterocycles. The van der Waals surface area contributed by atoms with Crippen molar-refractivity contribution in [2.75, 3.05) is 7.11 Å². The molecule has 0 radical (unpaired) electrons. The molecule has 0 amide bonds. The van der Waals surface area contributed by atoms with Crippen LogP contribution in [-0.4, -0.2) is 32.6 Å². The molecular formula is C20H20F3N5O3. The molecule has 0 saturated carbocycles. The van der Waals surface area contributed by atoms with E-state index in [1.807, 2.05) is 0 Å². The van der Waals surface area contributed by atoms with E-state index < -0.39 is 17.4 Å². The number of aryl methyl sites for hydroxylation is 2. The Labute approximate surface area is 175 Å². The molecule has 0 spiro atoms. The number of rotatable bonds is 6. The minimum absolute atomic E-state index is 0.210. The lowest BCUT2D eigenvalue weighted by Crippen LogP contribution is -2.23. The van der Waals surface area contributed by atoms with Gasteiger partial charge in [-0.3, -0.25) is 0 Å². The highest BCUT2D eigenvalue weighted by atomic mass is 19.4. The summed E-state index contributed by atoms with van der Waals surface area (Å²) >= 11 is 0. The van der Waals surface area contributed by atoms with Crippen LogP contribution in [-0.2, 0) is 24.7 Å². The molecule has 31 heavy (non-hydrogen) atoms. The van der Waals surface area contributed by atoms with Crippen LogP contribution in [0.1, 0.15) is 29.2 Å². The number of benzene rings is 2. The summed E-state index contributed by atoms with van der Waals surface area (Å²) < 4.78 is 48.7. The van der Waals surface area contributed by atoms with E-state index in [4.69, 9.17) is 4.74 Å². The number of hydrogen-bond donors (Lipinski definition) is 0. The van der Waals surface area contributed by atoms with Gasteiger partial charge in [0, 0.05) is 12.6 Å². The number of tetrazole rings is 1. The Balaban J connectivity index is 1.99. The van der Waals surface area contributed by atoms with Crippen LogP contribution in [0.4, 0.5) is 13.2 Å². The van der Waals surface area contributed by atoms with Crippen LogP contribution in [0, 0.1) is 6.92 Å². The van der Waals surface area contributed by atoms with Gasteiger partial charge < -0.3 is 9.57 Å². The molecule has 3 aromatic rings. The van der Waals surface area contributed by atoms with Crippen molar-refractivity contribution >= 4 is 5.71 Å². The fourth-order valence-corrected chi connectivity index (χ4v) is 2.98. The predicted molar refractivity (Wildman–Crippen MR) is 106 cm³/mol. The number of halogens is 3. The van der Waals surface area contributed by atoms with Gasteiger partial charge in [-0.15, -0.1) is 0 Å². The Hall–Kier alpha value is -3.63. The molecule has 0 unspecified atom stereocenters. The Bertz CT molecular complexity index is 1180. The number of nitrogens with zero attached hydrogens (tertiary/aromatic N) is 5. The van der Waals surface area contributed by atoms with E-state index in [1.165, 1.54) is 33.2 Å². The van der Waals surface area contributed by atoms with Crippen molar-refractivity contribution in [3.05, 3.63) is 69.1 Å². The van der Waals surface area contributed by atoms with Gasteiger partial charge >= 0.3 is 11.9 Å². The molecule has 0 saturated heterocycles. The van der Waals surface area contributed by atoms with Crippen molar-refractivity contribution < 1.29 is 22.7 Å². The van der Waals surface area contributed by atoms with Crippen LogP contribution in [0.15, 0.2) is 46.3 Å². The van der Waals surface area contributed by atoms with Gasteiger partial charge in [-0.2, -0.15) is 22.5 Å². The van der Waals surface area contributed by atoms with Crippen molar-refractivity contribution in [1.82, 2.24) is 19.8 Å². The fraction of sp³-hybridized carbons (Fsp3) is 0.300. The maximum absolute atomic E-state index is 13.7. The molecule has 11 heteroatoms. The molecule has 0 aliphatic rings. The summed E-state index contributed by atoms with van der Waals surface area (Å²) in [5, 5.41) is 11.1. The van der Waals surface area contributed by atoms with Crippen molar-refractivity contribution in [2.24, 2.45) is 12.2 Å². The first-order chi connectivity index (χ1) is 14.6. The summed E-state index contributed by atoms with van der Waals surface area (Å²) in [5.41, 5.74) is 0.739. The van der Waals surface area contributed by atoms with Crippen molar-refractivity contribution in [1.29, 1.82) is 0 Å². The van der Waals surface area contributed by atoms with Crippen molar-refractivity contribution in [3.63, 3.8) is 0 Å². The van der Waals surface area contributed by atoms with Gasteiger partial charge in [0.1, 0.15) is 19.5 Å². The highest BCUT2D eigenvalue weighted by molar-refractivity contribution is 5.98. The van der Waals surface area contributed by atoms with Gasteiger partial charge in [-0.05, 0) is 59.7 Å². The lowest BCUT2D eigenvalue weighted by molar-refractivity contribution is -0.139.